The third-order valence-corrected chi connectivity index (χ3v) is 3.32. The summed E-state index contributed by atoms with van der Waals surface area (Å²) in [5.74, 6) is 1.75. The van der Waals surface area contributed by atoms with E-state index in [0.717, 1.165) is 23.9 Å². The Hall–Kier alpha value is -1.55. The minimum atomic E-state index is -0.00316. The molecule has 1 aromatic carbocycles. The summed E-state index contributed by atoms with van der Waals surface area (Å²) in [5, 5.41) is 6.02. The van der Waals surface area contributed by atoms with E-state index >= 15 is 0 Å². The maximum atomic E-state index is 11.7. The summed E-state index contributed by atoms with van der Waals surface area (Å²) in [4.78, 5) is 11.7. The number of ether oxygens (including phenoxy) is 1. The van der Waals surface area contributed by atoms with Crippen molar-refractivity contribution in [3.8, 4) is 5.75 Å². The van der Waals surface area contributed by atoms with E-state index in [1.807, 2.05) is 24.3 Å². The molecule has 4 heteroatoms. The Labute approximate surface area is 114 Å². The van der Waals surface area contributed by atoms with Crippen LogP contribution >= 0.6 is 0 Å². The maximum Gasteiger partial charge on any atom is 0.238 e. The molecule has 1 aliphatic carbocycles. The molecule has 1 amide bonds. The Morgan fingerprint density at radius 3 is 2.68 bits per heavy atom. The monoisotopic (exact) mass is 262 g/mol. The Kier molecular flexibility index (Phi) is 5.21. The highest BCUT2D eigenvalue weighted by molar-refractivity contribution is 5.92. The van der Waals surface area contributed by atoms with Crippen molar-refractivity contribution in [2.24, 2.45) is 5.92 Å². The molecule has 104 valence electrons. The van der Waals surface area contributed by atoms with Gasteiger partial charge in [0.15, 0.2) is 0 Å². The van der Waals surface area contributed by atoms with Crippen molar-refractivity contribution >= 4 is 11.6 Å². The van der Waals surface area contributed by atoms with Crippen LogP contribution in [0.3, 0.4) is 0 Å². The van der Waals surface area contributed by atoms with E-state index in [1.165, 1.54) is 25.7 Å². The zero-order chi connectivity index (χ0) is 13.5. The minimum absolute atomic E-state index is 0.00316. The molecule has 0 atom stereocenters. The Morgan fingerprint density at radius 1 is 1.32 bits per heavy atom. The first kappa shape index (κ1) is 13.9. The zero-order valence-corrected chi connectivity index (χ0v) is 11.4. The van der Waals surface area contributed by atoms with Gasteiger partial charge in [0.1, 0.15) is 5.75 Å². The molecule has 1 saturated carbocycles. The van der Waals surface area contributed by atoms with Crippen LogP contribution in [0.15, 0.2) is 24.3 Å². The lowest BCUT2D eigenvalue weighted by atomic mass is 10.2. The minimum Gasteiger partial charge on any atom is -0.497 e. The number of hydrogen-bond donors (Lipinski definition) is 2. The van der Waals surface area contributed by atoms with E-state index in [2.05, 4.69) is 10.6 Å². The summed E-state index contributed by atoms with van der Waals surface area (Å²) in [6.07, 6.45) is 5.27. The summed E-state index contributed by atoms with van der Waals surface area (Å²) < 4.78 is 5.07. The van der Waals surface area contributed by atoms with E-state index in [-0.39, 0.29) is 5.91 Å². The average Bonchev–Trinajstić information content (AvgIpc) is 3.23. The third-order valence-electron chi connectivity index (χ3n) is 3.32. The van der Waals surface area contributed by atoms with Gasteiger partial charge in [-0.15, -0.1) is 0 Å². The predicted molar refractivity (Wildman–Crippen MR) is 76.5 cm³/mol. The summed E-state index contributed by atoms with van der Waals surface area (Å²) in [7, 11) is 1.62. The molecule has 0 radical (unpaired) electrons. The van der Waals surface area contributed by atoms with Crippen LogP contribution in [0.5, 0.6) is 5.75 Å². The van der Waals surface area contributed by atoms with Crippen molar-refractivity contribution < 1.29 is 9.53 Å². The molecule has 2 rings (SSSR count). The molecule has 0 spiro atoms. The van der Waals surface area contributed by atoms with E-state index < -0.39 is 0 Å². The zero-order valence-electron chi connectivity index (χ0n) is 11.4. The highest BCUT2D eigenvalue weighted by Gasteiger charge is 2.19. The third kappa shape index (κ3) is 5.30. The first-order valence-electron chi connectivity index (χ1n) is 6.92. The van der Waals surface area contributed by atoms with Crippen LogP contribution in [0.1, 0.15) is 25.7 Å². The normalized spacial score (nSPS) is 14.2. The van der Waals surface area contributed by atoms with Crippen molar-refractivity contribution in [3.05, 3.63) is 24.3 Å². The van der Waals surface area contributed by atoms with Gasteiger partial charge in [0.25, 0.3) is 0 Å². The topological polar surface area (TPSA) is 50.4 Å². The molecule has 0 saturated heterocycles. The fourth-order valence-electron chi connectivity index (χ4n) is 2.00. The van der Waals surface area contributed by atoms with Gasteiger partial charge in [0.05, 0.1) is 13.7 Å². The predicted octanol–water partition coefficient (Wildman–Crippen LogP) is 2.41. The van der Waals surface area contributed by atoms with Gasteiger partial charge in [-0.25, -0.2) is 0 Å². The van der Waals surface area contributed by atoms with Crippen LogP contribution < -0.4 is 15.4 Å². The molecule has 2 N–H and O–H groups in total. The second-order valence-corrected chi connectivity index (χ2v) is 5.04. The van der Waals surface area contributed by atoms with Gasteiger partial charge in [-0.05, 0) is 49.6 Å². The summed E-state index contributed by atoms with van der Waals surface area (Å²) in [6, 6.07) is 7.34. The number of benzene rings is 1. The molecule has 0 aromatic heterocycles. The lowest BCUT2D eigenvalue weighted by molar-refractivity contribution is -0.115. The number of amides is 1. The quantitative estimate of drug-likeness (QED) is 0.707. The molecule has 0 heterocycles. The van der Waals surface area contributed by atoms with E-state index in [1.54, 1.807) is 7.11 Å². The standard InChI is InChI=1S/C15H22N2O2/c1-19-14-8-6-13(7-9-14)17-15(18)11-16-10-2-3-12-4-5-12/h6-9,12,16H,2-5,10-11H2,1H3,(H,17,18). The molecule has 4 nitrogen and oxygen atoms in total. The molecule has 1 aliphatic rings. The summed E-state index contributed by atoms with van der Waals surface area (Å²) in [5.41, 5.74) is 0.797. The van der Waals surface area contributed by atoms with Crippen LogP contribution in [0.2, 0.25) is 0 Å². The Morgan fingerprint density at radius 2 is 2.05 bits per heavy atom. The average molecular weight is 262 g/mol. The molecule has 0 aliphatic heterocycles. The van der Waals surface area contributed by atoms with Gasteiger partial charge in [-0.1, -0.05) is 12.8 Å². The van der Waals surface area contributed by atoms with Crippen LogP contribution in [0.25, 0.3) is 0 Å². The number of nitrogens with one attached hydrogen (secondary N) is 2. The summed E-state index contributed by atoms with van der Waals surface area (Å²) >= 11 is 0. The van der Waals surface area contributed by atoms with Gasteiger partial charge in [-0.2, -0.15) is 0 Å². The Bertz CT molecular complexity index is 399. The number of anilines is 1. The van der Waals surface area contributed by atoms with E-state index in [4.69, 9.17) is 4.74 Å². The van der Waals surface area contributed by atoms with Gasteiger partial charge in [-0.3, -0.25) is 4.79 Å². The second kappa shape index (κ2) is 7.14. The van der Waals surface area contributed by atoms with Crippen molar-refractivity contribution in [1.82, 2.24) is 5.32 Å². The van der Waals surface area contributed by atoms with Crippen LogP contribution in [-0.4, -0.2) is 26.1 Å². The molecule has 19 heavy (non-hydrogen) atoms. The Balaban J connectivity index is 1.59. The van der Waals surface area contributed by atoms with Crippen LogP contribution in [-0.2, 0) is 4.79 Å². The van der Waals surface area contributed by atoms with Gasteiger partial charge in [0, 0.05) is 5.69 Å². The van der Waals surface area contributed by atoms with Gasteiger partial charge in [0.2, 0.25) is 5.91 Å². The summed E-state index contributed by atoms with van der Waals surface area (Å²) in [6.45, 7) is 1.29. The number of methoxy groups -OCH3 is 1. The molecule has 0 unspecified atom stereocenters. The molecule has 1 fully saturated rings. The second-order valence-electron chi connectivity index (χ2n) is 5.04. The van der Waals surface area contributed by atoms with Crippen molar-refractivity contribution in [2.45, 2.75) is 25.7 Å². The maximum absolute atomic E-state index is 11.7. The van der Waals surface area contributed by atoms with Gasteiger partial charge >= 0.3 is 0 Å². The van der Waals surface area contributed by atoms with Crippen molar-refractivity contribution in [3.63, 3.8) is 0 Å². The van der Waals surface area contributed by atoms with Crippen LogP contribution in [0.4, 0.5) is 5.69 Å². The van der Waals surface area contributed by atoms with Crippen LogP contribution in [0, 0.1) is 5.92 Å². The van der Waals surface area contributed by atoms with E-state index in [9.17, 15) is 4.79 Å². The number of hydrogen-bond acceptors (Lipinski definition) is 3. The number of carbonyl (C=O) groups excluding carboxylic acids is 1. The van der Waals surface area contributed by atoms with Gasteiger partial charge < -0.3 is 15.4 Å². The number of carbonyl (C=O) groups is 1. The highest BCUT2D eigenvalue weighted by Crippen LogP contribution is 2.33. The van der Waals surface area contributed by atoms with Crippen molar-refractivity contribution in [1.29, 1.82) is 0 Å². The smallest absolute Gasteiger partial charge is 0.238 e. The first-order valence-corrected chi connectivity index (χ1v) is 6.92. The number of rotatable bonds is 8. The lowest BCUT2D eigenvalue weighted by Crippen LogP contribution is -2.28. The first-order chi connectivity index (χ1) is 9.28. The molecule has 0 bridgehead atoms. The molecular formula is C15H22N2O2. The lowest BCUT2D eigenvalue weighted by Gasteiger charge is -2.07. The fourth-order valence-corrected chi connectivity index (χ4v) is 2.00. The largest absolute Gasteiger partial charge is 0.497 e. The molecule has 1 aromatic rings. The molecular weight excluding hydrogens is 240 g/mol. The SMILES string of the molecule is COc1ccc(NC(=O)CNCCCC2CC2)cc1. The van der Waals surface area contributed by atoms with E-state index in [0.29, 0.717) is 6.54 Å². The fraction of sp³-hybridized carbons (Fsp3) is 0.533. The highest BCUT2D eigenvalue weighted by atomic mass is 16.5. The van der Waals surface area contributed by atoms with Crippen molar-refractivity contribution in [2.75, 3.05) is 25.5 Å².